The van der Waals surface area contributed by atoms with E-state index in [2.05, 4.69) is 31.4 Å². The van der Waals surface area contributed by atoms with Gasteiger partial charge in [0.1, 0.15) is 0 Å². The number of fused-ring (bicyclic) bond motifs is 1. The maximum atomic E-state index is 6.09. The molecule has 0 aliphatic rings. The molecule has 3 aromatic rings. The molecule has 22 heavy (non-hydrogen) atoms. The molecule has 0 spiro atoms. The maximum absolute atomic E-state index is 6.09. The van der Waals surface area contributed by atoms with Gasteiger partial charge in [-0.2, -0.15) is 5.10 Å². The molecule has 2 aromatic carbocycles. The lowest BCUT2D eigenvalue weighted by Gasteiger charge is -2.06. The first-order valence-electron chi connectivity index (χ1n) is 6.25. The number of aromatic nitrogens is 1. The monoisotopic (exact) mass is 415 g/mol. The predicted octanol–water partition coefficient (Wildman–Crippen LogP) is 6.34. The van der Waals surface area contributed by atoms with E-state index in [4.69, 9.17) is 34.8 Å². The standard InChI is InChI=1S/C15H9BrCl3N3/c16-9-1-2-14-11(3-9)8(6-20-14)7-21-22-15-12(18)4-10(17)5-13(15)19/h1-7,20,22H. The van der Waals surface area contributed by atoms with E-state index >= 15 is 0 Å². The zero-order valence-corrected chi connectivity index (χ0v) is 14.9. The van der Waals surface area contributed by atoms with Gasteiger partial charge in [0.15, 0.2) is 0 Å². The second kappa shape index (κ2) is 6.50. The smallest absolute Gasteiger partial charge is 0.0935 e. The van der Waals surface area contributed by atoms with Crippen molar-refractivity contribution in [2.24, 2.45) is 5.10 Å². The van der Waals surface area contributed by atoms with E-state index in [9.17, 15) is 0 Å². The number of hydrogen-bond acceptors (Lipinski definition) is 2. The molecular weight excluding hydrogens is 408 g/mol. The summed E-state index contributed by atoms with van der Waals surface area (Å²) in [4.78, 5) is 3.18. The summed E-state index contributed by atoms with van der Waals surface area (Å²) in [5, 5.41) is 6.56. The Labute approximate surface area is 150 Å². The minimum atomic E-state index is 0.413. The summed E-state index contributed by atoms with van der Waals surface area (Å²) >= 11 is 21.5. The second-order valence-electron chi connectivity index (χ2n) is 4.55. The SMILES string of the molecule is Clc1cc(Cl)c(NN=Cc2c[nH]c3ccc(Br)cc23)c(Cl)c1. The summed E-state index contributed by atoms with van der Waals surface area (Å²) in [5.41, 5.74) is 5.35. The van der Waals surface area contributed by atoms with Gasteiger partial charge in [-0.15, -0.1) is 0 Å². The molecule has 3 nitrogen and oxygen atoms in total. The Morgan fingerprint density at radius 2 is 1.82 bits per heavy atom. The van der Waals surface area contributed by atoms with Crippen molar-refractivity contribution in [3.8, 4) is 0 Å². The summed E-state index contributed by atoms with van der Waals surface area (Å²) in [5.74, 6) is 0. The van der Waals surface area contributed by atoms with Crippen molar-refractivity contribution in [1.82, 2.24) is 4.98 Å². The van der Waals surface area contributed by atoms with Gasteiger partial charge in [0.25, 0.3) is 0 Å². The Balaban J connectivity index is 1.87. The molecule has 0 aliphatic heterocycles. The molecule has 1 aromatic heterocycles. The van der Waals surface area contributed by atoms with Gasteiger partial charge in [0, 0.05) is 32.2 Å². The van der Waals surface area contributed by atoms with Crippen LogP contribution in [0.1, 0.15) is 5.56 Å². The number of hydrogen-bond donors (Lipinski definition) is 2. The van der Waals surface area contributed by atoms with Gasteiger partial charge in [-0.1, -0.05) is 50.7 Å². The van der Waals surface area contributed by atoms with Gasteiger partial charge in [-0.25, -0.2) is 0 Å². The highest BCUT2D eigenvalue weighted by molar-refractivity contribution is 9.10. The minimum Gasteiger partial charge on any atom is -0.361 e. The van der Waals surface area contributed by atoms with Crippen LogP contribution in [-0.2, 0) is 0 Å². The van der Waals surface area contributed by atoms with E-state index in [-0.39, 0.29) is 0 Å². The number of anilines is 1. The largest absolute Gasteiger partial charge is 0.361 e. The molecule has 3 rings (SSSR count). The van der Waals surface area contributed by atoms with Crippen molar-refractivity contribution in [3.05, 3.63) is 61.6 Å². The fourth-order valence-electron chi connectivity index (χ4n) is 2.04. The maximum Gasteiger partial charge on any atom is 0.0935 e. The molecule has 7 heteroatoms. The van der Waals surface area contributed by atoms with Crippen LogP contribution >= 0.6 is 50.7 Å². The number of H-pyrrole nitrogens is 1. The Bertz CT molecular complexity index is 851. The summed E-state index contributed by atoms with van der Waals surface area (Å²) in [6.45, 7) is 0. The Kier molecular flexibility index (Phi) is 4.64. The summed E-state index contributed by atoms with van der Waals surface area (Å²) < 4.78 is 1.01. The van der Waals surface area contributed by atoms with Crippen molar-refractivity contribution in [3.63, 3.8) is 0 Å². The fourth-order valence-corrected chi connectivity index (χ4v) is 3.30. The Morgan fingerprint density at radius 1 is 1.09 bits per heavy atom. The van der Waals surface area contributed by atoms with E-state index in [0.29, 0.717) is 20.8 Å². The summed E-state index contributed by atoms with van der Waals surface area (Å²) in [6.07, 6.45) is 3.58. The lowest BCUT2D eigenvalue weighted by molar-refractivity contribution is 1.35. The van der Waals surface area contributed by atoms with E-state index in [1.807, 2.05) is 24.4 Å². The van der Waals surface area contributed by atoms with Gasteiger partial charge in [-0.05, 0) is 30.3 Å². The average Bonchev–Trinajstić information content (AvgIpc) is 2.84. The highest BCUT2D eigenvalue weighted by Gasteiger charge is 2.07. The van der Waals surface area contributed by atoms with Crippen LogP contribution in [0, 0.1) is 0 Å². The topological polar surface area (TPSA) is 40.2 Å². The molecule has 1 heterocycles. The lowest BCUT2D eigenvalue weighted by Crippen LogP contribution is -1.92. The van der Waals surface area contributed by atoms with Crippen LogP contribution in [0.25, 0.3) is 10.9 Å². The van der Waals surface area contributed by atoms with Crippen LogP contribution in [0.4, 0.5) is 5.69 Å². The first kappa shape index (κ1) is 15.7. The summed E-state index contributed by atoms with van der Waals surface area (Å²) in [6, 6.07) is 9.21. The fraction of sp³-hybridized carbons (Fsp3) is 0. The minimum absolute atomic E-state index is 0.413. The van der Waals surface area contributed by atoms with Gasteiger partial charge in [0.2, 0.25) is 0 Å². The number of nitrogens with zero attached hydrogens (tertiary/aromatic N) is 1. The van der Waals surface area contributed by atoms with Crippen molar-refractivity contribution < 1.29 is 0 Å². The zero-order valence-electron chi connectivity index (χ0n) is 11.0. The van der Waals surface area contributed by atoms with Gasteiger partial charge in [0.05, 0.1) is 21.9 Å². The molecule has 0 saturated carbocycles. The third kappa shape index (κ3) is 3.25. The number of aromatic amines is 1. The molecule has 0 bridgehead atoms. The van der Waals surface area contributed by atoms with Gasteiger partial charge in [-0.3, -0.25) is 5.43 Å². The van der Waals surface area contributed by atoms with Crippen molar-refractivity contribution in [1.29, 1.82) is 0 Å². The van der Waals surface area contributed by atoms with E-state index < -0.39 is 0 Å². The van der Waals surface area contributed by atoms with Crippen LogP contribution in [0.5, 0.6) is 0 Å². The summed E-state index contributed by atoms with van der Waals surface area (Å²) in [7, 11) is 0. The third-order valence-electron chi connectivity index (χ3n) is 3.06. The van der Waals surface area contributed by atoms with E-state index in [1.54, 1.807) is 18.3 Å². The van der Waals surface area contributed by atoms with Crippen LogP contribution in [0.15, 0.2) is 46.1 Å². The van der Waals surface area contributed by atoms with Crippen molar-refractivity contribution in [2.45, 2.75) is 0 Å². The molecule has 112 valence electrons. The first-order chi connectivity index (χ1) is 10.5. The molecule has 0 atom stereocenters. The van der Waals surface area contributed by atoms with E-state index in [1.165, 1.54) is 0 Å². The second-order valence-corrected chi connectivity index (χ2v) is 6.71. The lowest BCUT2D eigenvalue weighted by atomic mass is 10.2. The quantitative estimate of drug-likeness (QED) is 0.379. The zero-order chi connectivity index (χ0) is 15.7. The highest BCUT2D eigenvalue weighted by Crippen LogP contribution is 2.33. The molecule has 0 amide bonds. The first-order valence-corrected chi connectivity index (χ1v) is 8.17. The third-order valence-corrected chi connectivity index (χ3v) is 4.37. The van der Waals surface area contributed by atoms with Crippen LogP contribution in [0.3, 0.4) is 0 Å². The van der Waals surface area contributed by atoms with Crippen LogP contribution < -0.4 is 5.43 Å². The number of nitrogens with one attached hydrogen (secondary N) is 2. The number of hydrazone groups is 1. The van der Waals surface area contributed by atoms with Crippen molar-refractivity contribution >= 4 is 73.5 Å². The van der Waals surface area contributed by atoms with Crippen molar-refractivity contribution in [2.75, 3.05) is 5.43 Å². The molecule has 0 fully saturated rings. The van der Waals surface area contributed by atoms with Gasteiger partial charge < -0.3 is 4.98 Å². The molecule has 0 radical (unpaired) electrons. The molecule has 0 aliphatic carbocycles. The normalized spacial score (nSPS) is 11.5. The molecule has 0 saturated heterocycles. The number of rotatable bonds is 3. The van der Waals surface area contributed by atoms with Crippen LogP contribution in [0.2, 0.25) is 15.1 Å². The van der Waals surface area contributed by atoms with Gasteiger partial charge >= 0.3 is 0 Å². The molecular formula is C15H9BrCl3N3. The number of benzene rings is 2. The number of halogens is 4. The predicted molar refractivity (Wildman–Crippen MR) is 98.7 cm³/mol. The molecule has 0 unspecified atom stereocenters. The van der Waals surface area contributed by atoms with E-state index in [0.717, 1.165) is 20.9 Å². The Hall–Kier alpha value is -1.20. The van der Waals surface area contributed by atoms with Crippen LogP contribution in [-0.4, -0.2) is 11.2 Å². The average molecular weight is 418 g/mol. The Morgan fingerprint density at radius 3 is 2.55 bits per heavy atom. The highest BCUT2D eigenvalue weighted by atomic mass is 79.9. The molecule has 2 N–H and O–H groups in total.